The zero-order valence-corrected chi connectivity index (χ0v) is 9.75. The van der Waals surface area contributed by atoms with E-state index in [-0.39, 0.29) is 0 Å². The molecule has 1 nitrogen and oxygen atoms in total. The largest absolute Gasteiger partial charge is 0.230 e. The van der Waals surface area contributed by atoms with E-state index in [1.807, 2.05) is 0 Å². The van der Waals surface area contributed by atoms with E-state index in [9.17, 15) is 0 Å². The molecular weight excluding hydrogens is 182 g/mol. The van der Waals surface area contributed by atoms with E-state index >= 15 is 0 Å². The van der Waals surface area contributed by atoms with Crippen LogP contribution in [0, 0.1) is 6.92 Å². The van der Waals surface area contributed by atoms with Gasteiger partial charge >= 0.3 is 0 Å². The van der Waals surface area contributed by atoms with E-state index in [1.54, 1.807) is 0 Å². The van der Waals surface area contributed by atoms with Gasteiger partial charge < -0.3 is 0 Å². The van der Waals surface area contributed by atoms with Gasteiger partial charge in [0.05, 0.1) is 5.56 Å². The van der Waals surface area contributed by atoms with Gasteiger partial charge in [0.2, 0.25) is 5.36 Å². The summed E-state index contributed by atoms with van der Waals surface area (Å²) in [6, 6.07) is 10.7. The Kier molecular flexibility index (Phi) is 2.72. The Labute approximate surface area is 91.4 Å². The maximum absolute atomic E-state index is 2.43. The van der Waals surface area contributed by atoms with Gasteiger partial charge in [0.15, 0.2) is 0 Å². The number of nitrogens with zero attached hydrogens (tertiary/aromatic N) is 1. The normalized spacial score (nSPS) is 10.9. The van der Waals surface area contributed by atoms with Crippen LogP contribution in [-0.2, 0) is 0 Å². The third-order valence-corrected chi connectivity index (χ3v) is 3.05. The van der Waals surface area contributed by atoms with E-state index in [0.29, 0.717) is 0 Å². The van der Waals surface area contributed by atoms with Gasteiger partial charge in [0, 0.05) is 5.56 Å². The lowest BCUT2D eigenvalue weighted by Gasteiger charge is -1.92. The molecule has 2 aromatic rings. The number of hydrogen-bond donors (Lipinski definition) is 0. The predicted octanol–water partition coefficient (Wildman–Crippen LogP) is 2.35. The van der Waals surface area contributed by atoms with Crippen LogP contribution in [0.2, 0.25) is 0 Å². The summed E-state index contributed by atoms with van der Waals surface area (Å²) >= 11 is 0. The summed E-state index contributed by atoms with van der Waals surface area (Å²) in [6.45, 7) is 8.84. The fraction of sp³-hybridized carbons (Fsp3) is 0.357. The number of rotatable bonds is 3. The summed E-state index contributed by atoms with van der Waals surface area (Å²) in [5.74, 6) is 0. The molecule has 0 spiro atoms. The Morgan fingerprint density at radius 1 is 1.00 bits per heavy atom. The lowest BCUT2D eigenvalue weighted by atomic mass is 10.2. The van der Waals surface area contributed by atoms with E-state index in [1.165, 1.54) is 22.0 Å². The summed E-state index contributed by atoms with van der Waals surface area (Å²) in [4.78, 5) is 0. The number of benzene rings is 1. The second kappa shape index (κ2) is 4.01. The predicted molar refractivity (Wildman–Crippen MR) is 65.3 cm³/mol. The second-order valence-corrected chi connectivity index (χ2v) is 3.89. The molecule has 0 unspecified atom stereocenters. The molecule has 0 atom stereocenters. The topological polar surface area (TPSA) is 3.01 Å². The van der Waals surface area contributed by atoms with Crippen molar-refractivity contribution in [2.24, 2.45) is 0 Å². The van der Waals surface area contributed by atoms with Gasteiger partial charge in [-0.2, -0.15) is 0 Å². The average Bonchev–Trinajstić information content (AvgIpc) is 2.94. The van der Waals surface area contributed by atoms with E-state index in [2.05, 4.69) is 55.7 Å². The molecule has 0 fully saturated rings. The summed E-state index contributed by atoms with van der Waals surface area (Å²) < 4.78 is 2.43. The molecule has 0 saturated heterocycles. The van der Waals surface area contributed by atoms with Gasteiger partial charge in [-0.1, -0.05) is 30.3 Å². The van der Waals surface area contributed by atoms with Crippen LogP contribution in [-0.4, -0.2) is 13.1 Å². The standard InChI is InChI=1S/C14H18N/c1-4-15(5-2)14-11(3)13(14)12-9-7-6-8-10-12/h6-10H,4-5H2,1-3H3/q+1. The quantitative estimate of drug-likeness (QED) is 0.669. The van der Waals surface area contributed by atoms with Crippen molar-refractivity contribution in [3.8, 4) is 11.1 Å². The maximum atomic E-state index is 2.43. The van der Waals surface area contributed by atoms with Gasteiger partial charge in [-0.05, 0) is 26.3 Å². The van der Waals surface area contributed by atoms with Crippen molar-refractivity contribution >= 4 is 0 Å². The maximum Gasteiger partial charge on any atom is 0.212 e. The highest BCUT2D eigenvalue weighted by atomic mass is 15.0. The van der Waals surface area contributed by atoms with Crippen molar-refractivity contribution in [3.05, 3.63) is 41.3 Å². The molecule has 0 saturated carbocycles. The molecule has 0 bridgehead atoms. The highest BCUT2D eigenvalue weighted by Crippen LogP contribution is 2.23. The van der Waals surface area contributed by atoms with Crippen molar-refractivity contribution in [3.63, 3.8) is 0 Å². The summed E-state index contributed by atoms with van der Waals surface area (Å²) in [6.07, 6.45) is 0. The third kappa shape index (κ3) is 1.74. The van der Waals surface area contributed by atoms with Crippen LogP contribution in [0.25, 0.3) is 11.1 Å². The first-order valence-corrected chi connectivity index (χ1v) is 5.68. The van der Waals surface area contributed by atoms with Gasteiger partial charge in [0.1, 0.15) is 13.1 Å². The van der Waals surface area contributed by atoms with Gasteiger partial charge in [-0.15, -0.1) is 0 Å². The molecule has 0 heterocycles. The van der Waals surface area contributed by atoms with Crippen LogP contribution in [0.1, 0.15) is 19.4 Å². The fourth-order valence-electron chi connectivity index (χ4n) is 2.16. The molecule has 0 aliphatic carbocycles. The lowest BCUT2D eigenvalue weighted by Crippen LogP contribution is -2.24. The SMILES string of the molecule is CC[N+](CC)=c1c(C)c1-c1ccccc1. The van der Waals surface area contributed by atoms with Crippen molar-refractivity contribution in [1.82, 2.24) is 4.58 Å². The minimum absolute atomic E-state index is 1.10. The van der Waals surface area contributed by atoms with Crippen molar-refractivity contribution in [2.75, 3.05) is 13.1 Å². The van der Waals surface area contributed by atoms with E-state index in [0.717, 1.165) is 13.1 Å². The van der Waals surface area contributed by atoms with Crippen molar-refractivity contribution in [2.45, 2.75) is 20.8 Å². The second-order valence-electron chi connectivity index (χ2n) is 3.89. The fourth-order valence-corrected chi connectivity index (χ4v) is 2.16. The van der Waals surface area contributed by atoms with Crippen molar-refractivity contribution in [1.29, 1.82) is 0 Å². The molecule has 0 aliphatic heterocycles. The molecule has 2 rings (SSSR count). The Morgan fingerprint density at radius 2 is 1.60 bits per heavy atom. The minimum Gasteiger partial charge on any atom is -0.230 e. The Balaban J connectivity index is 2.46. The lowest BCUT2D eigenvalue weighted by molar-refractivity contribution is 0.635. The van der Waals surface area contributed by atoms with Crippen LogP contribution >= 0.6 is 0 Å². The summed E-state index contributed by atoms with van der Waals surface area (Å²) in [5.41, 5.74) is 4.28. The van der Waals surface area contributed by atoms with E-state index < -0.39 is 0 Å². The minimum atomic E-state index is 1.10. The third-order valence-electron chi connectivity index (χ3n) is 3.05. The zero-order valence-electron chi connectivity index (χ0n) is 9.75. The Hall–Kier alpha value is -1.37. The smallest absolute Gasteiger partial charge is 0.212 e. The van der Waals surface area contributed by atoms with Crippen molar-refractivity contribution < 1.29 is 0 Å². The van der Waals surface area contributed by atoms with Crippen LogP contribution in [0.15, 0.2) is 30.3 Å². The molecule has 0 N–H and O–H groups in total. The van der Waals surface area contributed by atoms with Crippen LogP contribution in [0.3, 0.4) is 0 Å². The van der Waals surface area contributed by atoms with Gasteiger partial charge in [-0.3, -0.25) is 0 Å². The highest BCUT2D eigenvalue weighted by molar-refractivity contribution is 5.75. The molecular formula is C14H18N+. The molecule has 0 radical (unpaired) electrons. The van der Waals surface area contributed by atoms with Crippen LogP contribution in [0.4, 0.5) is 0 Å². The molecule has 1 heteroatoms. The first-order chi connectivity index (χ1) is 7.29. The zero-order chi connectivity index (χ0) is 10.8. The molecule has 15 heavy (non-hydrogen) atoms. The Bertz CT molecular complexity index is 464. The van der Waals surface area contributed by atoms with Crippen LogP contribution in [0.5, 0.6) is 0 Å². The monoisotopic (exact) mass is 200 g/mol. The number of hydrogen-bond acceptors (Lipinski definition) is 0. The average molecular weight is 200 g/mol. The first kappa shape index (κ1) is 10.2. The highest BCUT2D eigenvalue weighted by Gasteiger charge is 2.24. The molecule has 2 aromatic carbocycles. The molecule has 0 aromatic heterocycles. The van der Waals surface area contributed by atoms with E-state index in [4.69, 9.17) is 0 Å². The molecule has 0 amide bonds. The van der Waals surface area contributed by atoms with Gasteiger partial charge in [0.25, 0.3) is 0 Å². The van der Waals surface area contributed by atoms with Crippen LogP contribution < -0.4 is 9.93 Å². The first-order valence-electron chi connectivity index (χ1n) is 5.68. The summed E-state index contributed by atoms with van der Waals surface area (Å²) in [7, 11) is 0. The van der Waals surface area contributed by atoms with Gasteiger partial charge in [-0.25, -0.2) is 4.58 Å². The Morgan fingerprint density at radius 3 is 2.13 bits per heavy atom. The molecule has 0 aliphatic rings. The summed E-state index contributed by atoms with van der Waals surface area (Å²) in [5, 5.41) is 1.46. The molecule has 78 valence electrons.